The number of hydrogen-bond donors (Lipinski definition) is 0. The molecule has 1 aromatic heterocycles. The third-order valence-corrected chi connectivity index (χ3v) is 6.20. The number of furan rings is 1. The highest BCUT2D eigenvalue weighted by Gasteiger charge is 2.41. The largest absolute Gasteiger partial charge is 0.494 e. The number of unbranched alkanes of at least 4 members (excludes halogenated alkanes) is 1. The zero-order chi connectivity index (χ0) is 21.4. The molecule has 5 rings (SSSR count). The van der Waals surface area contributed by atoms with Gasteiger partial charge in [0.25, 0.3) is 0 Å². The van der Waals surface area contributed by atoms with Crippen LogP contribution in [0.2, 0.25) is 0 Å². The number of nitrogens with zero attached hydrogens (tertiary/aromatic N) is 2. The van der Waals surface area contributed by atoms with E-state index in [9.17, 15) is 0 Å². The molecular formula is C25H25BrN2O3. The molecule has 0 saturated heterocycles. The summed E-state index contributed by atoms with van der Waals surface area (Å²) >= 11 is 3.60. The van der Waals surface area contributed by atoms with Crippen molar-refractivity contribution in [2.45, 2.75) is 45.4 Å². The molecule has 2 aromatic carbocycles. The second-order valence-corrected chi connectivity index (χ2v) is 8.90. The average molecular weight is 481 g/mol. The predicted molar refractivity (Wildman–Crippen MR) is 124 cm³/mol. The molecule has 0 amide bonds. The second kappa shape index (κ2) is 8.42. The summed E-state index contributed by atoms with van der Waals surface area (Å²) in [5, 5.41) is 7.01. The van der Waals surface area contributed by atoms with E-state index in [4.69, 9.17) is 19.0 Å². The molecule has 0 fully saturated rings. The molecule has 0 bridgehead atoms. The van der Waals surface area contributed by atoms with Gasteiger partial charge in [0, 0.05) is 22.0 Å². The van der Waals surface area contributed by atoms with Crippen molar-refractivity contribution in [1.82, 2.24) is 5.01 Å². The van der Waals surface area contributed by atoms with Crippen LogP contribution in [0.25, 0.3) is 0 Å². The van der Waals surface area contributed by atoms with Crippen LogP contribution in [-0.4, -0.2) is 17.3 Å². The van der Waals surface area contributed by atoms with Crippen LogP contribution in [-0.2, 0) is 0 Å². The molecule has 0 N–H and O–H groups in total. The van der Waals surface area contributed by atoms with Gasteiger partial charge in [-0.05, 0) is 67.9 Å². The first-order valence-electron chi connectivity index (χ1n) is 10.7. The third-order valence-electron chi connectivity index (χ3n) is 5.71. The lowest BCUT2D eigenvalue weighted by atomic mass is 9.97. The Bertz CT molecular complexity index is 1110. The van der Waals surface area contributed by atoms with Crippen molar-refractivity contribution >= 4 is 21.6 Å². The fourth-order valence-electron chi connectivity index (χ4n) is 4.08. The summed E-state index contributed by atoms with van der Waals surface area (Å²) in [5.74, 6) is 3.48. The Morgan fingerprint density at radius 3 is 2.71 bits per heavy atom. The van der Waals surface area contributed by atoms with Crippen molar-refractivity contribution in [2.75, 3.05) is 6.61 Å². The molecule has 2 atom stereocenters. The SMILES string of the molecule is CCCCOc1ccc([C@H]2Oc3ccc(Br)cc3[C@H]3CC(c4ccc(C)o4)=NN32)cc1. The predicted octanol–water partition coefficient (Wildman–Crippen LogP) is 6.77. The molecule has 5 nitrogen and oxygen atoms in total. The maximum atomic E-state index is 6.44. The van der Waals surface area contributed by atoms with E-state index in [1.807, 2.05) is 43.3 Å². The lowest BCUT2D eigenvalue weighted by molar-refractivity contribution is -0.0191. The second-order valence-electron chi connectivity index (χ2n) is 7.98. The summed E-state index contributed by atoms with van der Waals surface area (Å²) in [7, 11) is 0. The molecule has 6 heteroatoms. The highest BCUT2D eigenvalue weighted by Crippen LogP contribution is 2.48. The van der Waals surface area contributed by atoms with Crippen molar-refractivity contribution in [3.8, 4) is 11.5 Å². The summed E-state index contributed by atoms with van der Waals surface area (Å²) in [4.78, 5) is 0. The van der Waals surface area contributed by atoms with Crippen LogP contribution in [0.4, 0.5) is 0 Å². The van der Waals surface area contributed by atoms with Gasteiger partial charge in [-0.2, -0.15) is 5.10 Å². The Balaban J connectivity index is 1.48. The highest BCUT2D eigenvalue weighted by molar-refractivity contribution is 9.10. The third kappa shape index (κ3) is 3.97. The quantitative estimate of drug-likeness (QED) is 0.365. The number of ether oxygens (including phenoxy) is 2. The molecular weight excluding hydrogens is 456 g/mol. The lowest BCUT2D eigenvalue weighted by Crippen LogP contribution is -2.33. The number of rotatable bonds is 6. The van der Waals surface area contributed by atoms with Crippen molar-refractivity contribution in [1.29, 1.82) is 0 Å². The standard InChI is InChI=1S/C25H25BrN2O3/c1-3-4-13-29-19-9-6-17(7-10-19)25-28-22(20-14-18(26)8-12-23(20)31-25)15-21(27-28)24-11-5-16(2)30-24/h5-12,14,22,25H,3-4,13,15H2,1-2H3/t22-,25-/m1/s1. The number of aryl methyl sites for hydroxylation is 1. The molecule has 3 heterocycles. The highest BCUT2D eigenvalue weighted by atomic mass is 79.9. The summed E-state index contributed by atoms with van der Waals surface area (Å²) in [6.07, 6.45) is 2.64. The van der Waals surface area contributed by atoms with Gasteiger partial charge in [0.2, 0.25) is 6.23 Å². The van der Waals surface area contributed by atoms with E-state index in [0.29, 0.717) is 0 Å². The zero-order valence-corrected chi connectivity index (χ0v) is 19.3. The van der Waals surface area contributed by atoms with Crippen LogP contribution in [0.5, 0.6) is 11.5 Å². The van der Waals surface area contributed by atoms with E-state index >= 15 is 0 Å². The zero-order valence-electron chi connectivity index (χ0n) is 17.7. The van der Waals surface area contributed by atoms with Gasteiger partial charge < -0.3 is 13.9 Å². The van der Waals surface area contributed by atoms with Gasteiger partial charge in [-0.25, -0.2) is 5.01 Å². The number of halogens is 1. The summed E-state index contributed by atoms with van der Waals surface area (Å²) in [5.41, 5.74) is 3.12. The number of hydrazone groups is 1. The van der Waals surface area contributed by atoms with Crippen molar-refractivity contribution in [3.63, 3.8) is 0 Å². The monoisotopic (exact) mass is 480 g/mol. The van der Waals surface area contributed by atoms with Gasteiger partial charge >= 0.3 is 0 Å². The van der Waals surface area contributed by atoms with E-state index in [2.05, 4.69) is 46.1 Å². The Labute approximate surface area is 190 Å². The molecule has 31 heavy (non-hydrogen) atoms. The molecule has 0 unspecified atom stereocenters. The number of benzene rings is 2. The smallest absolute Gasteiger partial charge is 0.213 e. The van der Waals surface area contributed by atoms with Crippen LogP contribution in [0.15, 0.2) is 68.6 Å². The Morgan fingerprint density at radius 2 is 1.97 bits per heavy atom. The molecule has 2 aliphatic rings. The minimum absolute atomic E-state index is 0.0899. The van der Waals surface area contributed by atoms with E-state index in [-0.39, 0.29) is 12.3 Å². The van der Waals surface area contributed by atoms with Gasteiger partial charge in [-0.1, -0.05) is 29.3 Å². The molecule has 2 aliphatic heterocycles. The maximum absolute atomic E-state index is 6.44. The molecule has 0 radical (unpaired) electrons. The summed E-state index contributed by atoms with van der Waals surface area (Å²) in [6, 6.07) is 18.4. The normalized spacial score (nSPS) is 19.5. The van der Waals surface area contributed by atoms with Crippen LogP contribution in [0.3, 0.4) is 0 Å². The van der Waals surface area contributed by atoms with E-state index in [1.54, 1.807) is 0 Å². The molecule has 160 valence electrons. The molecule has 3 aromatic rings. The molecule has 0 saturated carbocycles. The van der Waals surface area contributed by atoms with E-state index < -0.39 is 0 Å². The van der Waals surface area contributed by atoms with Gasteiger partial charge in [-0.3, -0.25) is 0 Å². The number of hydrogen-bond acceptors (Lipinski definition) is 5. The molecule has 0 spiro atoms. The van der Waals surface area contributed by atoms with Crippen LogP contribution < -0.4 is 9.47 Å². The minimum atomic E-state index is -0.308. The van der Waals surface area contributed by atoms with Crippen LogP contribution in [0.1, 0.15) is 61.1 Å². The Hall–Kier alpha value is -2.73. The van der Waals surface area contributed by atoms with Crippen molar-refractivity contribution < 1.29 is 13.9 Å². The van der Waals surface area contributed by atoms with E-state index in [0.717, 1.165) is 70.2 Å². The van der Waals surface area contributed by atoms with Crippen LogP contribution >= 0.6 is 15.9 Å². The molecule has 0 aliphatic carbocycles. The van der Waals surface area contributed by atoms with Gasteiger partial charge in [-0.15, -0.1) is 0 Å². The van der Waals surface area contributed by atoms with Gasteiger partial charge in [0.05, 0.1) is 12.6 Å². The first kappa shape index (κ1) is 20.2. The number of fused-ring (bicyclic) bond motifs is 3. The van der Waals surface area contributed by atoms with Gasteiger partial charge in [0.15, 0.2) is 0 Å². The topological polar surface area (TPSA) is 47.2 Å². The summed E-state index contributed by atoms with van der Waals surface area (Å²) in [6.45, 7) is 4.85. The first-order chi connectivity index (χ1) is 15.1. The Kier molecular flexibility index (Phi) is 5.48. The Morgan fingerprint density at radius 1 is 1.13 bits per heavy atom. The van der Waals surface area contributed by atoms with Crippen molar-refractivity contribution in [3.05, 3.63) is 81.7 Å². The maximum Gasteiger partial charge on any atom is 0.213 e. The van der Waals surface area contributed by atoms with Crippen molar-refractivity contribution in [2.24, 2.45) is 5.10 Å². The summed E-state index contributed by atoms with van der Waals surface area (Å²) < 4.78 is 19.2. The van der Waals surface area contributed by atoms with Crippen LogP contribution in [0, 0.1) is 6.92 Å². The lowest BCUT2D eigenvalue weighted by Gasteiger charge is -2.38. The van der Waals surface area contributed by atoms with E-state index in [1.165, 1.54) is 0 Å². The van der Waals surface area contributed by atoms with Gasteiger partial charge in [0.1, 0.15) is 28.7 Å². The first-order valence-corrected chi connectivity index (χ1v) is 11.5. The minimum Gasteiger partial charge on any atom is -0.494 e. The fourth-order valence-corrected chi connectivity index (χ4v) is 4.46. The fraction of sp³-hybridized carbons (Fsp3) is 0.320. The average Bonchev–Trinajstić information content (AvgIpc) is 3.41.